The van der Waals surface area contributed by atoms with Crippen molar-refractivity contribution in [3.63, 3.8) is 0 Å². The second-order valence-corrected chi connectivity index (χ2v) is 5.54. The Balaban J connectivity index is 1.86. The number of aromatic nitrogens is 1. The Labute approximate surface area is 102 Å². The molecule has 1 aromatic heterocycles. The van der Waals surface area contributed by atoms with Gasteiger partial charge in [0, 0.05) is 11.4 Å². The molecule has 0 aromatic carbocycles. The summed E-state index contributed by atoms with van der Waals surface area (Å²) in [5.74, 6) is 0. The molecule has 1 N–H and O–H groups in total. The fourth-order valence-corrected chi connectivity index (χ4v) is 3.18. The molecule has 3 heteroatoms. The van der Waals surface area contributed by atoms with E-state index in [0.717, 1.165) is 11.6 Å². The molecular weight excluding hydrogens is 216 g/mol. The number of hydrogen-bond acceptors (Lipinski definition) is 3. The highest BCUT2D eigenvalue weighted by Gasteiger charge is 2.12. The van der Waals surface area contributed by atoms with Gasteiger partial charge in [-0.05, 0) is 19.3 Å². The van der Waals surface area contributed by atoms with E-state index in [9.17, 15) is 0 Å². The molecule has 90 valence electrons. The van der Waals surface area contributed by atoms with Crippen LogP contribution in [0.3, 0.4) is 0 Å². The van der Waals surface area contributed by atoms with Crippen LogP contribution in [0.2, 0.25) is 0 Å². The number of nitrogens with zero attached hydrogens (tertiary/aromatic N) is 1. The summed E-state index contributed by atoms with van der Waals surface area (Å²) in [4.78, 5) is 4.58. The predicted molar refractivity (Wildman–Crippen MR) is 71.2 cm³/mol. The molecule has 0 bridgehead atoms. The summed E-state index contributed by atoms with van der Waals surface area (Å²) < 4.78 is 0. The van der Waals surface area contributed by atoms with Gasteiger partial charge < -0.3 is 5.32 Å². The average molecular weight is 238 g/mol. The molecule has 0 aliphatic heterocycles. The van der Waals surface area contributed by atoms with Crippen LogP contribution in [0, 0.1) is 0 Å². The standard InChI is InChI=1S/C13H22N2S/c1-2-11-10-16-13(14-11)15-12-8-6-4-3-5-7-9-12/h10,12H,2-9H2,1H3,(H,14,15). The van der Waals surface area contributed by atoms with Gasteiger partial charge >= 0.3 is 0 Å². The number of aryl methyl sites for hydroxylation is 1. The molecule has 1 aliphatic rings. The summed E-state index contributed by atoms with van der Waals surface area (Å²) in [5, 5.41) is 6.91. The van der Waals surface area contributed by atoms with Gasteiger partial charge in [-0.1, -0.05) is 39.0 Å². The van der Waals surface area contributed by atoms with Crippen molar-refractivity contribution in [2.75, 3.05) is 5.32 Å². The van der Waals surface area contributed by atoms with Gasteiger partial charge in [0.05, 0.1) is 5.69 Å². The number of thiazole rings is 1. The van der Waals surface area contributed by atoms with E-state index in [2.05, 4.69) is 22.6 Å². The van der Waals surface area contributed by atoms with Gasteiger partial charge in [-0.25, -0.2) is 4.98 Å². The van der Waals surface area contributed by atoms with E-state index in [1.807, 2.05) is 0 Å². The first-order valence-corrected chi connectivity index (χ1v) is 7.47. The molecular formula is C13H22N2S. The average Bonchev–Trinajstić information content (AvgIpc) is 2.69. The Morgan fingerprint density at radius 3 is 2.56 bits per heavy atom. The summed E-state index contributed by atoms with van der Waals surface area (Å²) in [5.41, 5.74) is 1.22. The molecule has 16 heavy (non-hydrogen) atoms. The fraction of sp³-hybridized carbons (Fsp3) is 0.769. The van der Waals surface area contributed by atoms with Gasteiger partial charge in [-0.15, -0.1) is 11.3 Å². The molecule has 1 saturated carbocycles. The first kappa shape index (κ1) is 11.9. The molecule has 2 nitrogen and oxygen atoms in total. The molecule has 1 aromatic rings. The largest absolute Gasteiger partial charge is 0.359 e. The minimum absolute atomic E-state index is 0.663. The van der Waals surface area contributed by atoms with Crippen LogP contribution in [0.25, 0.3) is 0 Å². The third-order valence-electron chi connectivity index (χ3n) is 3.35. The van der Waals surface area contributed by atoms with Crippen LogP contribution in [-0.2, 0) is 6.42 Å². The fourth-order valence-electron chi connectivity index (χ4n) is 2.31. The summed E-state index contributed by atoms with van der Waals surface area (Å²) in [6, 6.07) is 0.663. The van der Waals surface area contributed by atoms with Gasteiger partial charge in [0.2, 0.25) is 0 Å². The molecule has 0 unspecified atom stereocenters. The first-order chi connectivity index (χ1) is 7.88. The molecule has 2 rings (SSSR count). The molecule has 1 aliphatic carbocycles. The first-order valence-electron chi connectivity index (χ1n) is 6.59. The van der Waals surface area contributed by atoms with E-state index >= 15 is 0 Å². The summed E-state index contributed by atoms with van der Waals surface area (Å²) >= 11 is 1.76. The second-order valence-electron chi connectivity index (χ2n) is 4.68. The Morgan fingerprint density at radius 2 is 1.94 bits per heavy atom. The smallest absolute Gasteiger partial charge is 0.183 e. The zero-order valence-corrected chi connectivity index (χ0v) is 11.0. The summed E-state index contributed by atoms with van der Waals surface area (Å²) in [7, 11) is 0. The van der Waals surface area contributed by atoms with E-state index in [-0.39, 0.29) is 0 Å². The van der Waals surface area contributed by atoms with Crippen molar-refractivity contribution in [3.8, 4) is 0 Å². The highest BCUT2D eigenvalue weighted by atomic mass is 32.1. The summed E-state index contributed by atoms with van der Waals surface area (Å²) in [6.45, 7) is 2.16. The van der Waals surface area contributed by atoms with Gasteiger partial charge in [-0.2, -0.15) is 0 Å². The van der Waals surface area contributed by atoms with E-state index in [4.69, 9.17) is 0 Å². The van der Waals surface area contributed by atoms with Crippen molar-refractivity contribution in [2.24, 2.45) is 0 Å². The third-order valence-corrected chi connectivity index (χ3v) is 4.17. The normalized spacial score (nSPS) is 19.1. The summed E-state index contributed by atoms with van der Waals surface area (Å²) in [6.07, 6.45) is 10.7. The lowest BCUT2D eigenvalue weighted by atomic mass is 9.97. The van der Waals surface area contributed by atoms with E-state index < -0.39 is 0 Å². The quantitative estimate of drug-likeness (QED) is 0.852. The van der Waals surface area contributed by atoms with Crippen molar-refractivity contribution in [2.45, 2.75) is 64.3 Å². The van der Waals surface area contributed by atoms with Gasteiger partial charge in [0.1, 0.15) is 0 Å². The molecule has 0 spiro atoms. The number of rotatable bonds is 3. The van der Waals surface area contributed by atoms with E-state index in [1.165, 1.54) is 50.6 Å². The van der Waals surface area contributed by atoms with Crippen molar-refractivity contribution < 1.29 is 0 Å². The zero-order chi connectivity index (χ0) is 11.2. The van der Waals surface area contributed by atoms with Crippen LogP contribution in [0.4, 0.5) is 5.13 Å². The zero-order valence-electron chi connectivity index (χ0n) is 10.2. The maximum atomic E-state index is 4.58. The van der Waals surface area contributed by atoms with Gasteiger partial charge in [-0.3, -0.25) is 0 Å². The van der Waals surface area contributed by atoms with Crippen molar-refractivity contribution in [1.29, 1.82) is 0 Å². The lowest BCUT2D eigenvalue weighted by molar-refractivity contribution is 0.471. The maximum Gasteiger partial charge on any atom is 0.183 e. The van der Waals surface area contributed by atoms with Crippen LogP contribution in [0.5, 0.6) is 0 Å². The van der Waals surface area contributed by atoms with Crippen LogP contribution in [-0.4, -0.2) is 11.0 Å². The molecule has 0 atom stereocenters. The minimum atomic E-state index is 0.663. The number of hydrogen-bond donors (Lipinski definition) is 1. The van der Waals surface area contributed by atoms with Crippen molar-refractivity contribution in [3.05, 3.63) is 11.1 Å². The van der Waals surface area contributed by atoms with E-state index in [0.29, 0.717) is 6.04 Å². The highest BCUT2D eigenvalue weighted by molar-refractivity contribution is 7.13. The molecule has 0 amide bonds. The van der Waals surface area contributed by atoms with Crippen LogP contribution < -0.4 is 5.32 Å². The Kier molecular flexibility index (Phi) is 4.64. The van der Waals surface area contributed by atoms with Gasteiger partial charge in [0.25, 0.3) is 0 Å². The highest BCUT2D eigenvalue weighted by Crippen LogP contribution is 2.23. The van der Waals surface area contributed by atoms with Crippen molar-refractivity contribution >= 4 is 16.5 Å². The minimum Gasteiger partial charge on any atom is -0.359 e. The Hall–Kier alpha value is -0.570. The lowest BCUT2D eigenvalue weighted by Gasteiger charge is -2.20. The third kappa shape index (κ3) is 3.48. The molecule has 1 fully saturated rings. The molecule has 1 heterocycles. The Morgan fingerprint density at radius 1 is 1.25 bits per heavy atom. The number of anilines is 1. The molecule has 0 saturated heterocycles. The van der Waals surface area contributed by atoms with Crippen LogP contribution in [0.1, 0.15) is 57.6 Å². The van der Waals surface area contributed by atoms with E-state index in [1.54, 1.807) is 11.3 Å². The topological polar surface area (TPSA) is 24.9 Å². The van der Waals surface area contributed by atoms with Crippen molar-refractivity contribution in [1.82, 2.24) is 4.98 Å². The number of nitrogens with one attached hydrogen (secondary N) is 1. The predicted octanol–water partition coefficient (Wildman–Crippen LogP) is 4.23. The maximum absolute atomic E-state index is 4.58. The SMILES string of the molecule is CCc1csc(NC2CCCCCCC2)n1. The van der Waals surface area contributed by atoms with Crippen LogP contribution >= 0.6 is 11.3 Å². The Bertz CT molecular complexity index is 301. The van der Waals surface area contributed by atoms with Gasteiger partial charge in [0.15, 0.2) is 5.13 Å². The van der Waals surface area contributed by atoms with Crippen LogP contribution in [0.15, 0.2) is 5.38 Å². The lowest BCUT2D eigenvalue weighted by Crippen LogP contribution is -2.20. The second kappa shape index (κ2) is 6.24. The monoisotopic (exact) mass is 238 g/mol. The molecule has 0 radical (unpaired) electrons.